The fourth-order valence-corrected chi connectivity index (χ4v) is 3.33. The molecule has 31 heavy (non-hydrogen) atoms. The number of unbranched alkanes of at least 4 members (excludes halogenated alkanes) is 6. The van der Waals surface area contributed by atoms with Gasteiger partial charge in [-0.3, -0.25) is 0 Å². The molecule has 2 aromatic rings. The lowest BCUT2D eigenvalue weighted by atomic mass is 10.1. The van der Waals surface area contributed by atoms with Crippen molar-refractivity contribution in [1.29, 1.82) is 0 Å². The van der Waals surface area contributed by atoms with E-state index in [1.807, 2.05) is 37.3 Å². The predicted octanol–water partition coefficient (Wildman–Crippen LogP) is 7.52. The third-order valence-corrected chi connectivity index (χ3v) is 5.25. The fraction of sp³-hybridized carbons (Fsp3) is 0.519. The quantitative estimate of drug-likeness (QED) is 0.168. The van der Waals surface area contributed by atoms with Crippen molar-refractivity contribution >= 4 is 5.97 Å². The third kappa shape index (κ3) is 9.14. The molecule has 0 saturated heterocycles. The van der Waals surface area contributed by atoms with Gasteiger partial charge in [0.25, 0.3) is 0 Å². The van der Waals surface area contributed by atoms with Crippen LogP contribution in [0.3, 0.4) is 0 Å². The van der Waals surface area contributed by atoms with Crippen molar-refractivity contribution in [3.05, 3.63) is 59.7 Å². The molecule has 4 heteroatoms. The Kier molecular flexibility index (Phi) is 11.8. The van der Waals surface area contributed by atoms with Gasteiger partial charge in [-0.05, 0) is 49.6 Å². The first-order valence-corrected chi connectivity index (χ1v) is 11.8. The number of benzene rings is 2. The molecule has 0 aromatic heterocycles. The van der Waals surface area contributed by atoms with Crippen LogP contribution in [0.4, 0.5) is 0 Å². The van der Waals surface area contributed by atoms with Gasteiger partial charge >= 0.3 is 5.97 Å². The number of carbonyl (C=O) groups excluding carboxylic acids is 1. The second kappa shape index (κ2) is 14.6. The van der Waals surface area contributed by atoms with Crippen LogP contribution < -0.4 is 9.47 Å². The molecule has 0 aliphatic carbocycles. The smallest absolute Gasteiger partial charge is 0.343 e. The Morgan fingerprint density at radius 2 is 1.42 bits per heavy atom. The molecule has 1 unspecified atom stereocenters. The normalized spacial score (nSPS) is 11.8. The average Bonchev–Trinajstić information content (AvgIpc) is 2.80. The van der Waals surface area contributed by atoms with Gasteiger partial charge in [0.1, 0.15) is 0 Å². The predicted molar refractivity (Wildman–Crippen MR) is 126 cm³/mol. The van der Waals surface area contributed by atoms with Crippen LogP contribution in [0.2, 0.25) is 0 Å². The zero-order valence-electron chi connectivity index (χ0n) is 19.4. The number of esters is 1. The summed E-state index contributed by atoms with van der Waals surface area (Å²) >= 11 is 0. The minimum atomic E-state index is -0.393. The summed E-state index contributed by atoms with van der Waals surface area (Å²) in [6, 6.07) is 14.7. The molecule has 0 amide bonds. The van der Waals surface area contributed by atoms with Crippen LogP contribution >= 0.6 is 0 Å². The van der Waals surface area contributed by atoms with E-state index in [1.54, 1.807) is 18.2 Å². The lowest BCUT2D eigenvalue weighted by Crippen LogP contribution is -2.10. The van der Waals surface area contributed by atoms with E-state index >= 15 is 0 Å². The molecular formula is C27H38O4. The van der Waals surface area contributed by atoms with Crippen LogP contribution in [0, 0.1) is 0 Å². The summed E-state index contributed by atoms with van der Waals surface area (Å²) in [4.78, 5) is 12.6. The summed E-state index contributed by atoms with van der Waals surface area (Å²) < 4.78 is 17.2. The number of hydrogen-bond donors (Lipinski definition) is 0. The van der Waals surface area contributed by atoms with Crippen LogP contribution in [-0.2, 0) is 4.74 Å². The molecule has 2 aromatic carbocycles. The summed E-state index contributed by atoms with van der Waals surface area (Å²) in [5.41, 5.74) is 1.57. The first-order valence-electron chi connectivity index (χ1n) is 11.8. The van der Waals surface area contributed by atoms with Crippen molar-refractivity contribution in [3.63, 3.8) is 0 Å². The van der Waals surface area contributed by atoms with Gasteiger partial charge in [-0.1, -0.05) is 76.6 Å². The molecule has 4 nitrogen and oxygen atoms in total. The van der Waals surface area contributed by atoms with Crippen LogP contribution in [0.1, 0.15) is 94.2 Å². The summed E-state index contributed by atoms with van der Waals surface area (Å²) in [5.74, 6) is 0.633. The van der Waals surface area contributed by atoms with E-state index in [0.717, 1.165) is 25.0 Å². The summed E-state index contributed by atoms with van der Waals surface area (Å²) in [7, 11) is 0. The number of ether oxygens (including phenoxy) is 3. The minimum Gasteiger partial charge on any atom is -0.490 e. The summed E-state index contributed by atoms with van der Waals surface area (Å²) in [5, 5.41) is 0. The van der Waals surface area contributed by atoms with Crippen molar-refractivity contribution in [2.45, 2.75) is 78.2 Å². The second-order valence-corrected chi connectivity index (χ2v) is 7.94. The highest BCUT2D eigenvalue weighted by Gasteiger charge is 2.13. The van der Waals surface area contributed by atoms with Crippen molar-refractivity contribution in [1.82, 2.24) is 0 Å². The first kappa shape index (κ1) is 24.9. The largest absolute Gasteiger partial charge is 0.490 e. The van der Waals surface area contributed by atoms with E-state index < -0.39 is 5.97 Å². The van der Waals surface area contributed by atoms with Crippen LogP contribution in [0.25, 0.3) is 0 Å². The molecule has 0 aliphatic heterocycles. The zero-order valence-corrected chi connectivity index (χ0v) is 19.4. The summed E-state index contributed by atoms with van der Waals surface area (Å²) in [6.45, 7) is 7.69. The topological polar surface area (TPSA) is 44.8 Å². The maximum Gasteiger partial charge on any atom is 0.343 e. The molecular weight excluding hydrogens is 388 g/mol. The van der Waals surface area contributed by atoms with Gasteiger partial charge in [0.2, 0.25) is 0 Å². The molecule has 0 saturated carbocycles. The highest BCUT2D eigenvalue weighted by molar-refractivity contribution is 5.91. The van der Waals surface area contributed by atoms with Gasteiger partial charge in [-0.15, -0.1) is 0 Å². The van der Waals surface area contributed by atoms with Gasteiger partial charge in [0, 0.05) is 6.61 Å². The standard InChI is InChI=1S/C27H38O4/c1-4-6-7-8-9-10-13-21-29-22(3)23-16-18-24(19-17-23)27(28)31-26-15-12-11-14-25(26)30-20-5-2/h11-12,14-19,22H,4-10,13,20-21H2,1-3H3. The molecule has 0 spiro atoms. The van der Waals surface area contributed by atoms with Crippen molar-refractivity contribution in [3.8, 4) is 11.5 Å². The maximum absolute atomic E-state index is 12.6. The van der Waals surface area contributed by atoms with Crippen molar-refractivity contribution in [2.24, 2.45) is 0 Å². The second-order valence-electron chi connectivity index (χ2n) is 7.94. The Labute approximate surface area is 187 Å². The van der Waals surface area contributed by atoms with E-state index in [-0.39, 0.29) is 6.10 Å². The molecule has 0 fully saturated rings. The van der Waals surface area contributed by atoms with Gasteiger partial charge < -0.3 is 14.2 Å². The van der Waals surface area contributed by atoms with Crippen molar-refractivity contribution in [2.75, 3.05) is 13.2 Å². The molecule has 170 valence electrons. The lowest BCUT2D eigenvalue weighted by molar-refractivity contribution is 0.0625. The molecule has 0 aliphatic rings. The van der Waals surface area contributed by atoms with Gasteiger partial charge in [0.15, 0.2) is 11.5 Å². The van der Waals surface area contributed by atoms with E-state index in [1.165, 1.54) is 38.5 Å². The van der Waals surface area contributed by atoms with Gasteiger partial charge in [0.05, 0.1) is 18.3 Å². The fourth-order valence-electron chi connectivity index (χ4n) is 3.33. The Morgan fingerprint density at radius 1 is 0.774 bits per heavy atom. The SMILES string of the molecule is CCCCCCCCCOC(C)c1ccc(C(=O)Oc2ccccc2OCCC)cc1. The van der Waals surface area contributed by atoms with Crippen LogP contribution in [-0.4, -0.2) is 19.2 Å². The summed E-state index contributed by atoms with van der Waals surface area (Å²) in [6.07, 6.45) is 9.83. The number of rotatable bonds is 15. The molecule has 0 heterocycles. The average molecular weight is 427 g/mol. The molecule has 1 atom stereocenters. The third-order valence-electron chi connectivity index (χ3n) is 5.25. The zero-order chi connectivity index (χ0) is 22.3. The Hall–Kier alpha value is -2.33. The molecule has 0 N–H and O–H groups in total. The van der Waals surface area contributed by atoms with E-state index in [9.17, 15) is 4.79 Å². The minimum absolute atomic E-state index is 0.00771. The Balaban J connectivity index is 1.78. The number of hydrogen-bond acceptors (Lipinski definition) is 4. The number of para-hydroxylation sites is 2. The highest BCUT2D eigenvalue weighted by atomic mass is 16.6. The highest BCUT2D eigenvalue weighted by Crippen LogP contribution is 2.27. The monoisotopic (exact) mass is 426 g/mol. The first-order chi connectivity index (χ1) is 15.2. The van der Waals surface area contributed by atoms with E-state index in [0.29, 0.717) is 23.7 Å². The van der Waals surface area contributed by atoms with E-state index in [2.05, 4.69) is 13.8 Å². The van der Waals surface area contributed by atoms with Crippen molar-refractivity contribution < 1.29 is 19.0 Å². The molecule has 0 radical (unpaired) electrons. The lowest BCUT2D eigenvalue weighted by Gasteiger charge is -2.14. The maximum atomic E-state index is 12.6. The van der Waals surface area contributed by atoms with E-state index in [4.69, 9.17) is 14.2 Å². The molecule has 2 rings (SSSR count). The molecule has 0 bridgehead atoms. The van der Waals surface area contributed by atoms with Gasteiger partial charge in [-0.2, -0.15) is 0 Å². The number of carbonyl (C=O) groups is 1. The van der Waals surface area contributed by atoms with Crippen LogP contribution in [0.5, 0.6) is 11.5 Å². The Bertz CT molecular complexity index is 754. The van der Waals surface area contributed by atoms with Gasteiger partial charge in [-0.25, -0.2) is 4.79 Å². The Morgan fingerprint density at radius 3 is 2.10 bits per heavy atom. The van der Waals surface area contributed by atoms with Crippen LogP contribution in [0.15, 0.2) is 48.5 Å².